The van der Waals surface area contributed by atoms with Crippen molar-refractivity contribution in [1.29, 1.82) is 0 Å². The molecule has 1 aromatic rings. The van der Waals surface area contributed by atoms with Crippen molar-refractivity contribution < 1.29 is 19.1 Å². The molecule has 0 radical (unpaired) electrons. The summed E-state index contributed by atoms with van der Waals surface area (Å²) in [4.78, 5) is 28.0. The van der Waals surface area contributed by atoms with Crippen molar-refractivity contribution in [2.45, 2.75) is 6.92 Å². The van der Waals surface area contributed by atoms with Gasteiger partial charge in [0.2, 0.25) is 0 Å². The van der Waals surface area contributed by atoms with Gasteiger partial charge in [0, 0.05) is 25.2 Å². The molecule has 2 rings (SSSR count). The number of hydrogen-bond donors (Lipinski definition) is 0. The Kier molecular flexibility index (Phi) is 5.58. The third-order valence-electron chi connectivity index (χ3n) is 3.70. The summed E-state index contributed by atoms with van der Waals surface area (Å²) in [5, 5.41) is 0.164. The largest absolute Gasteiger partial charge is 0.497 e. The van der Waals surface area contributed by atoms with Gasteiger partial charge in [-0.2, -0.15) is 0 Å². The van der Waals surface area contributed by atoms with E-state index in [1.54, 1.807) is 39.3 Å². The van der Waals surface area contributed by atoms with Gasteiger partial charge in [-0.05, 0) is 37.4 Å². The van der Waals surface area contributed by atoms with E-state index in [2.05, 4.69) is 6.58 Å². The van der Waals surface area contributed by atoms with Gasteiger partial charge in [0.05, 0.1) is 14.2 Å². The fourth-order valence-corrected chi connectivity index (χ4v) is 2.63. The number of carbonyl (C=O) groups is 2. The average molecular weight is 360 g/mol. The van der Waals surface area contributed by atoms with E-state index >= 15 is 0 Å². The Labute approximate surface area is 152 Å². The molecular formula is C18H20N2O4S. The molecule has 25 heavy (non-hydrogen) atoms. The van der Waals surface area contributed by atoms with Crippen molar-refractivity contribution in [3.05, 3.63) is 41.5 Å². The van der Waals surface area contributed by atoms with Crippen molar-refractivity contribution in [3.63, 3.8) is 0 Å². The lowest BCUT2D eigenvalue weighted by Gasteiger charge is -2.34. The van der Waals surface area contributed by atoms with Crippen LogP contribution in [0.4, 0.5) is 0 Å². The summed E-state index contributed by atoms with van der Waals surface area (Å²) < 4.78 is 10.5. The van der Waals surface area contributed by atoms with E-state index in [4.69, 9.17) is 21.7 Å². The highest BCUT2D eigenvalue weighted by Crippen LogP contribution is 2.28. The Balaban J connectivity index is 2.50. The quantitative estimate of drug-likeness (QED) is 0.349. The van der Waals surface area contributed by atoms with Crippen LogP contribution in [-0.2, 0) is 9.59 Å². The fraction of sp³-hybridized carbons (Fsp3) is 0.278. The first-order chi connectivity index (χ1) is 11.8. The first kappa shape index (κ1) is 18.7. The second kappa shape index (κ2) is 7.48. The number of carbonyl (C=O) groups excluding carboxylic acids is 2. The molecule has 1 aliphatic heterocycles. The minimum Gasteiger partial charge on any atom is -0.497 e. The molecule has 0 aliphatic carbocycles. The van der Waals surface area contributed by atoms with Crippen LogP contribution in [0.3, 0.4) is 0 Å². The van der Waals surface area contributed by atoms with E-state index < -0.39 is 11.8 Å². The lowest BCUT2D eigenvalue weighted by molar-refractivity contribution is -0.132. The minimum absolute atomic E-state index is 0.0146. The molecule has 132 valence electrons. The van der Waals surface area contributed by atoms with Gasteiger partial charge in [-0.3, -0.25) is 19.4 Å². The maximum atomic E-state index is 12.8. The molecule has 6 nitrogen and oxygen atoms in total. The maximum Gasteiger partial charge on any atom is 0.265 e. The molecule has 0 bridgehead atoms. The Hall–Kier alpha value is -2.67. The molecule has 1 fully saturated rings. The van der Waals surface area contributed by atoms with Crippen LogP contribution in [0, 0.1) is 0 Å². The summed E-state index contributed by atoms with van der Waals surface area (Å²) >= 11 is 5.22. The molecule has 0 saturated carbocycles. The summed E-state index contributed by atoms with van der Waals surface area (Å²) in [5.74, 6) is 0.206. The second-order valence-corrected chi connectivity index (χ2v) is 6.03. The van der Waals surface area contributed by atoms with Gasteiger partial charge in [-0.15, -0.1) is 0 Å². The van der Waals surface area contributed by atoms with Crippen molar-refractivity contribution in [1.82, 2.24) is 9.80 Å². The predicted molar refractivity (Wildman–Crippen MR) is 99.4 cm³/mol. The molecule has 1 aromatic carbocycles. The maximum absolute atomic E-state index is 12.8. The number of hydrogen-bond acceptors (Lipinski definition) is 5. The molecule has 1 aliphatic rings. The highest BCUT2D eigenvalue weighted by atomic mass is 32.1. The first-order valence-electron chi connectivity index (χ1n) is 7.52. The molecule has 7 heteroatoms. The molecule has 1 saturated heterocycles. The van der Waals surface area contributed by atoms with Gasteiger partial charge >= 0.3 is 0 Å². The van der Waals surface area contributed by atoms with Gasteiger partial charge in [0.15, 0.2) is 5.11 Å². The zero-order valence-electron chi connectivity index (χ0n) is 14.7. The van der Waals surface area contributed by atoms with Crippen LogP contribution in [0.5, 0.6) is 11.5 Å². The van der Waals surface area contributed by atoms with Gasteiger partial charge < -0.3 is 9.47 Å². The third-order valence-corrected chi connectivity index (χ3v) is 4.19. The highest BCUT2D eigenvalue weighted by molar-refractivity contribution is 7.80. The number of likely N-dealkylation sites (N-methyl/N-ethyl adjacent to an activating group) is 1. The Bertz CT molecular complexity index is 785. The van der Waals surface area contributed by atoms with Crippen LogP contribution in [0.1, 0.15) is 12.5 Å². The molecule has 2 amide bonds. The summed E-state index contributed by atoms with van der Waals surface area (Å²) in [6.45, 7) is 5.86. The summed E-state index contributed by atoms with van der Waals surface area (Å²) in [7, 11) is 4.60. The number of nitrogens with zero attached hydrogens (tertiary/aromatic N) is 2. The van der Waals surface area contributed by atoms with Crippen LogP contribution in [0.25, 0.3) is 6.08 Å². The SMILES string of the molecule is C=C(C)CN1C(=O)C(=Cc2ccc(OC)cc2OC)C(=O)N(C)C1=S. The number of amides is 2. The number of ether oxygens (including phenoxy) is 2. The molecule has 0 unspecified atom stereocenters. The summed E-state index contributed by atoms with van der Waals surface area (Å²) in [6.07, 6.45) is 1.51. The predicted octanol–water partition coefficient (Wildman–Crippen LogP) is 2.25. The Morgan fingerprint density at radius 2 is 1.92 bits per heavy atom. The standard InChI is InChI=1S/C18H20N2O4S/c1-11(2)10-20-17(22)14(16(21)19(3)18(20)25)8-12-6-7-13(23-4)9-15(12)24-5/h6-9H,1,10H2,2-5H3. The number of rotatable bonds is 5. The molecule has 0 N–H and O–H groups in total. The average Bonchev–Trinajstić information content (AvgIpc) is 2.60. The zero-order valence-corrected chi connectivity index (χ0v) is 15.5. The minimum atomic E-state index is -0.453. The molecule has 0 aromatic heterocycles. The van der Waals surface area contributed by atoms with Crippen LogP contribution >= 0.6 is 12.2 Å². The van der Waals surface area contributed by atoms with E-state index in [1.807, 2.05) is 0 Å². The molecule has 0 atom stereocenters. The number of benzene rings is 1. The number of methoxy groups -OCH3 is 2. The van der Waals surface area contributed by atoms with Crippen molar-refractivity contribution in [2.24, 2.45) is 0 Å². The van der Waals surface area contributed by atoms with E-state index in [1.165, 1.54) is 23.0 Å². The molecular weight excluding hydrogens is 340 g/mol. The van der Waals surface area contributed by atoms with E-state index in [-0.39, 0.29) is 17.2 Å². The lowest BCUT2D eigenvalue weighted by Crippen LogP contribution is -2.54. The molecule has 0 spiro atoms. The fourth-order valence-electron chi connectivity index (χ4n) is 2.40. The topological polar surface area (TPSA) is 59.1 Å². The smallest absolute Gasteiger partial charge is 0.265 e. The Morgan fingerprint density at radius 3 is 2.48 bits per heavy atom. The van der Waals surface area contributed by atoms with E-state index in [0.29, 0.717) is 17.1 Å². The van der Waals surface area contributed by atoms with Crippen molar-refractivity contribution >= 4 is 35.2 Å². The van der Waals surface area contributed by atoms with Crippen LogP contribution < -0.4 is 9.47 Å². The lowest BCUT2D eigenvalue weighted by atomic mass is 10.1. The van der Waals surface area contributed by atoms with Crippen molar-refractivity contribution in [3.8, 4) is 11.5 Å². The van der Waals surface area contributed by atoms with Gasteiger partial charge in [-0.25, -0.2) is 0 Å². The van der Waals surface area contributed by atoms with Crippen LogP contribution in [-0.4, -0.2) is 54.5 Å². The Morgan fingerprint density at radius 1 is 1.24 bits per heavy atom. The summed E-state index contributed by atoms with van der Waals surface area (Å²) in [5.41, 5.74) is 1.37. The normalized spacial score (nSPS) is 16.5. The van der Waals surface area contributed by atoms with Gasteiger partial charge in [0.25, 0.3) is 11.8 Å². The first-order valence-corrected chi connectivity index (χ1v) is 7.93. The summed E-state index contributed by atoms with van der Waals surface area (Å²) in [6, 6.07) is 5.14. The monoisotopic (exact) mass is 360 g/mol. The molecule has 1 heterocycles. The van der Waals surface area contributed by atoms with E-state index in [9.17, 15) is 9.59 Å². The number of thiocarbonyl (C=S) groups is 1. The zero-order chi connectivity index (χ0) is 18.7. The highest BCUT2D eigenvalue weighted by Gasteiger charge is 2.37. The van der Waals surface area contributed by atoms with Crippen molar-refractivity contribution in [2.75, 3.05) is 27.8 Å². The van der Waals surface area contributed by atoms with Gasteiger partial charge in [0.1, 0.15) is 17.1 Å². The second-order valence-electron chi connectivity index (χ2n) is 5.66. The third kappa shape index (κ3) is 3.71. The van der Waals surface area contributed by atoms with E-state index in [0.717, 1.165) is 5.57 Å². The van der Waals surface area contributed by atoms with Gasteiger partial charge in [-0.1, -0.05) is 12.2 Å². The van der Waals surface area contributed by atoms with Crippen LogP contribution in [0.2, 0.25) is 0 Å². The van der Waals surface area contributed by atoms with Crippen LogP contribution in [0.15, 0.2) is 35.9 Å².